The number of amides is 1. The Bertz CT molecular complexity index is 1270. The summed E-state index contributed by atoms with van der Waals surface area (Å²) in [7, 11) is 0. The van der Waals surface area contributed by atoms with Gasteiger partial charge < -0.3 is 9.32 Å². The predicted molar refractivity (Wildman–Crippen MR) is 134 cm³/mol. The van der Waals surface area contributed by atoms with Crippen molar-refractivity contribution in [2.24, 2.45) is 0 Å². The fourth-order valence-electron chi connectivity index (χ4n) is 4.08. The van der Waals surface area contributed by atoms with Gasteiger partial charge in [0.05, 0.1) is 17.0 Å². The van der Waals surface area contributed by atoms with Crippen molar-refractivity contribution in [1.82, 2.24) is 19.6 Å². The number of carbonyl (C=O) groups excluding carboxylic acids is 1. The van der Waals surface area contributed by atoms with Gasteiger partial charge in [-0.15, -0.1) is 0 Å². The Balaban J connectivity index is 1.31. The number of piperazine rings is 1. The number of hydrogen-bond acceptors (Lipinski definition) is 4. The predicted octanol–water partition coefficient (Wildman–Crippen LogP) is 5.26. The maximum Gasteiger partial charge on any atom is 0.272 e. The van der Waals surface area contributed by atoms with E-state index in [-0.39, 0.29) is 5.91 Å². The monoisotopic (exact) mass is 472 g/mol. The zero-order valence-electron chi connectivity index (χ0n) is 18.7. The third-order valence-corrected chi connectivity index (χ3v) is 6.24. The van der Waals surface area contributed by atoms with Gasteiger partial charge in [0.2, 0.25) is 0 Å². The topological polar surface area (TPSA) is 54.5 Å². The molecular weight excluding hydrogens is 448 g/mol. The number of halogens is 1. The van der Waals surface area contributed by atoms with E-state index < -0.39 is 0 Å². The lowest BCUT2D eigenvalue weighted by atomic mass is 10.2. The van der Waals surface area contributed by atoms with Crippen LogP contribution in [-0.2, 0) is 0 Å². The van der Waals surface area contributed by atoms with Crippen molar-refractivity contribution in [3.8, 4) is 17.1 Å². The minimum atomic E-state index is -0.0651. The quantitative estimate of drug-likeness (QED) is 0.384. The molecule has 1 aliphatic rings. The van der Waals surface area contributed by atoms with E-state index in [1.54, 1.807) is 29.1 Å². The summed E-state index contributed by atoms with van der Waals surface area (Å²) in [6.45, 7) is 3.80. The number of furan rings is 1. The lowest BCUT2D eigenvalue weighted by Crippen LogP contribution is -2.49. The van der Waals surface area contributed by atoms with E-state index in [9.17, 15) is 4.79 Å². The standard InChI is InChI=1S/C27H25ClN4O2/c28-22-11-4-5-12-24(22)32-25(20-23(29-32)26-13-7-19-34-26)27(33)31-17-15-30(16-18-31)14-6-10-21-8-2-1-3-9-21/h1-13,19-20H,14-18H2. The highest BCUT2D eigenvalue weighted by atomic mass is 35.5. The molecule has 3 heterocycles. The lowest BCUT2D eigenvalue weighted by molar-refractivity contribution is 0.0641. The van der Waals surface area contributed by atoms with Crippen LogP contribution in [0, 0.1) is 0 Å². The largest absolute Gasteiger partial charge is 0.463 e. The van der Waals surface area contributed by atoms with Crippen molar-refractivity contribution in [3.05, 3.63) is 101 Å². The molecule has 2 aromatic heterocycles. The second-order valence-electron chi connectivity index (χ2n) is 8.16. The first-order valence-corrected chi connectivity index (χ1v) is 11.7. The van der Waals surface area contributed by atoms with E-state index in [4.69, 9.17) is 16.0 Å². The Morgan fingerprint density at radius 1 is 0.971 bits per heavy atom. The van der Waals surface area contributed by atoms with Gasteiger partial charge in [-0.2, -0.15) is 5.10 Å². The number of aromatic nitrogens is 2. The highest BCUT2D eigenvalue weighted by molar-refractivity contribution is 6.32. The number of para-hydroxylation sites is 1. The van der Waals surface area contributed by atoms with Crippen LogP contribution < -0.4 is 0 Å². The molecule has 4 aromatic rings. The molecule has 1 fully saturated rings. The van der Waals surface area contributed by atoms with Gasteiger partial charge in [0.1, 0.15) is 11.4 Å². The summed E-state index contributed by atoms with van der Waals surface area (Å²) in [6, 6.07) is 23.1. The molecule has 0 bridgehead atoms. The molecule has 0 N–H and O–H groups in total. The van der Waals surface area contributed by atoms with Gasteiger partial charge in [-0.05, 0) is 29.8 Å². The fraction of sp³-hybridized carbons (Fsp3) is 0.185. The average molecular weight is 473 g/mol. The average Bonchev–Trinajstić information content (AvgIpc) is 3.56. The van der Waals surface area contributed by atoms with E-state index in [2.05, 4.69) is 34.3 Å². The zero-order chi connectivity index (χ0) is 23.3. The summed E-state index contributed by atoms with van der Waals surface area (Å²) < 4.78 is 7.14. The van der Waals surface area contributed by atoms with Crippen LogP contribution in [0.2, 0.25) is 5.02 Å². The van der Waals surface area contributed by atoms with Gasteiger partial charge in [-0.25, -0.2) is 4.68 Å². The highest BCUT2D eigenvalue weighted by Crippen LogP contribution is 2.27. The van der Waals surface area contributed by atoms with Crippen molar-refractivity contribution < 1.29 is 9.21 Å². The molecule has 7 heteroatoms. The first-order valence-electron chi connectivity index (χ1n) is 11.3. The minimum Gasteiger partial charge on any atom is -0.463 e. The van der Waals surface area contributed by atoms with E-state index in [0.717, 1.165) is 19.6 Å². The third-order valence-electron chi connectivity index (χ3n) is 5.92. The smallest absolute Gasteiger partial charge is 0.272 e. The molecule has 0 spiro atoms. The van der Waals surface area contributed by atoms with Crippen LogP contribution in [0.15, 0.2) is 89.6 Å². The molecule has 1 saturated heterocycles. The normalized spacial score (nSPS) is 14.7. The highest BCUT2D eigenvalue weighted by Gasteiger charge is 2.27. The summed E-state index contributed by atoms with van der Waals surface area (Å²) in [4.78, 5) is 17.8. The van der Waals surface area contributed by atoms with Gasteiger partial charge in [0, 0.05) is 38.8 Å². The zero-order valence-corrected chi connectivity index (χ0v) is 19.4. The summed E-state index contributed by atoms with van der Waals surface area (Å²) in [5.74, 6) is 0.541. The Morgan fingerprint density at radius 3 is 2.47 bits per heavy atom. The number of rotatable bonds is 6. The van der Waals surface area contributed by atoms with Crippen LogP contribution in [0.1, 0.15) is 16.1 Å². The van der Waals surface area contributed by atoms with E-state index >= 15 is 0 Å². The number of hydrogen-bond donors (Lipinski definition) is 0. The molecule has 0 atom stereocenters. The van der Waals surface area contributed by atoms with E-state index in [0.29, 0.717) is 40.9 Å². The number of nitrogens with zero attached hydrogens (tertiary/aromatic N) is 4. The van der Waals surface area contributed by atoms with Crippen LogP contribution in [0.3, 0.4) is 0 Å². The molecule has 2 aromatic carbocycles. The van der Waals surface area contributed by atoms with Crippen molar-refractivity contribution in [2.75, 3.05) is 32.7 Å². The summed E-state index contributed by atoms with van der Waals surface area (Å²) in [5, 5.41) is 5.18. The van der Waals surface area contributed by atoms with Crippen LogP contribution in [-0.4, -0.2) is 58.2 Å². The first-order chi connectivity index (χ1) is 16.7. The first kappa shape index (κ1) is 22.2. The molecule has 0 saturated carbocycles. The van der Waals surface area contributed by atoms with Crippen molar-refractivity contribution in [1.29, 1.82) is 0 Å². The Kier molecular flexibility index (Phi) is 6.60. The van der Waals surface area contributed by atoms with Crippen molar-refractivity contribution in [2.45, 2.75) is 0 Å². The molecule has 5 rings (SSSR count). The van der Waals surface area contributed by atoms with Gasteiger partial charge in [-0.1, -0.05) is 66.2 Å². The summed E-state index contributed by atoms with van der Waals surface area (Å²) >= 11 is 6.44. The molecular formula is C27H25ClN4O2. The molecule has 172 valence electrons. The van der Waals surface area contributed by atoms with Gasteiger partial charge in [0.15, 0.2) is 5.76 Å². The molecule has 6 nitrogen and oxygen atoms in total. The number of carbonyl (C=O) groups is 1. The van der Waals surface area contributed by atoms with Crippen LogP contribution >= 0.6 is 11.6 Å². The molecule has 34 heavy (non-hydrogen) atoms. The molecule has 1 aliphatic heterocycles. The second-order valence-corrected chi connectivity index (χ2v) is 8.57. The molecule has 0 aliphatic carbocycles. The fourth-order valence-corrected chi connectivity index (χ4v) is 4.30. The summed E-state index contributed by atoms with van der Waals surface area (Å²) in [5.41, 5.74) is 2.92. The van der Waals surface area contributed by atoms with Gasteiger partial charge in [-0.3, -0.25) is 9.69 Å². The number of benzene rings is 2. The van der Waals surface area contributed by atoms with Crippen molar-refractivity contribution >= 4 is 23.6 Å². The summed E-state index contributed by atoms with van der Waals surface area (Å²) in [6.07, 6.45) is 5.90. The molecule has 0 unspecified atom stereocenters. The van der Waals surface area contributed by atoms with Crippen molar-refractivity contribution in [3.63, 3.8) is 0 Å². The van der Waals surface area contributed by atoms with Gasteiger partial charge >= 0.3 is 0 Å². The van der Waals surface area contributed by atoms with Gasteiger partial charge in [0.25, 0.3) is 5.91 Å². The van der Waals surface area contributed by atoms with Crippen LogP contribution in [0.25, 0.3) is 23.2 Å². The maximum absolute atomic E-state index is 13.6. The van der Waals surface area contributed by atoms with E-state index in [1.807, 2.05) is 47.4 Å². The Morgan fingerprint density at radius 2 is 1.74 bits per heavy atom. The maximum atomic E-state index is 13.6. The lowest BCUT2D eigenvalue weighted by Gasteiger charge is -2.34. The second kappa shape index (κ2) is 10.1. The Hall–Kier alpha value is -3.61. The van der Waals surface area contributed by atoms with E-state index in [1.165, 1.54) is 5.56 Å². The molecule has 0 radical (unpaired) electrons. The third kappa shape index (κ3) is 4.83. The van der Waals surface area contributed by atoms with Crippen LogP contribution in [0.4, 0.5) is 0 Å². The Labute approximate surface area is 203 Å². The SMILES string of the molecule is O=C(c1cc(-c2ccco2)nn1-c1ccccc1Cl)N1CCN(CC=Cc2ccccc2)CC1. The van der Waals surface area contributed by atoms with Crippen LogP contribution in [0.5, 0.6) is 0 Å². The molecule has 1 amide bonds. The minimum absolute atomic E-state index is 0.0651.